The summed E-state index contributed by atoms with van der Waals surface area (Å²) in [6.07, 6.45) is 0. The number of thioether (sulfide) groups is 1. The van der Waals surface area contributed by atoms with E-state index in [4.69, 9.17) is 4.74 Å². The summed E-state index contributed by atoms with van der Waals surface area (Å²) >= 11 is 1.48. The number of benzene rings is 1. The normalized spacial score (nSPS) is 15.3. The first-order valence-electron chi connectivity index (χ1n) is 5.21. The SMILES string of the molecule is COc1ccc(S(=O)(=O)NNC2=NCCS2)cc1. The first kappa shape index (κ1) is 13.2. The predicted octanol–water partition coefficient (Wildman–Crippen LogP) is 0.581. The molecule has 0 spiro atoms. The summed E-state index contributed by atoms with van der Waals surface area (Å²) in [5.74, 6) is 1.48. The summed E-state index contributed by atoms with van der Waals surface area (Å²) in [4.78, 5) is 6.53. The number of aliphatic imine (C=N–C) groups is 1. The Hall–Kier alpha value is -1.25. The molecule has 0 atom stereocenters. The van der Waals surface area contributed by atoms with Crippen LogP contribution in [0.2, 0.25) is 0 Å². The minimum absolute atomic E-state index is 0.166. The van der Waals surface area contributed by atoms with Crippen LogP contribution in [-0.2, 0) is 10.0 Å². The lowest BCUT2D eigenvalue weighted by atomic mass is 10.3. The van der Waals surface area contributed by atoms with Crippen LogP contribution in [0.15, 0.2) is 34.2 Å². The fourth-order valence-electron chi connectivity index (χ4n) is 1.34. The van der Waals surface area contributed by atoms with Crippen LogP contribution in [0.25, 0.3) is 0 Å². The molecule has 0 bridgehead atoms. The Bertz CT molecular complexity index is 540. The number of rotatable bonds is 4. The number of sulfonamides is 1. The molecule has 2 N–H and O–H groups in total. The second-order valence-electron chi connectivity index (χ2n) is 3.44. The van der Waals surface area contributed by atoms with Gasteiger partial charge in [0.15, 0.2) is 5.17 Å². The van der Waals surface area contributed by atoms with E-state index in [0.717, 1.165) is 5.75 Å². The largest absolute Gasteiger partial charge is 0.497 e. The second kappa shape index (κ2) is 5.59. The van der Waals surface area contributed by atoms with Crippen molar-refractivity contribution in [2.24, 2.45) is 4.99 Å². The van der Waals surface area contributed by atoms with Crippen molar-refractivity contribution in [1.29, 1.82) is 0 Å². The molecule has 18 heavy (non-hydrogen) atoms. The Balaban J connectivity index is 2.04. The number of nitrogens with zero attached hydrogens (tertiary/aromatic N) is 1. The van der Waals surface area contributed by atoms with Gasteiger partial charge in [-0.05, 0) is 24.3 Å². The highest BCUT2D eigenvalue weighted by molar-refractivity contribution is 8.14. The van der Waals surface area contributed by atoms with Gasteiger partial charge in [0.2, 0.25) is 0 Å². The van der Waals surface area contributed by atoms with Crippen molar-refractivity contribution >= 4 is 27.0 Å². The molecule has 1 heterocycles. The molecule has 1 aliphatic heterocycles. The molecule has 6 nitrogen and oxygen atoms in total. The lowest BCUT2D eigenvalue weighted by Crippen LogP contribution is -2.39. The van der Waals surface area contributed by atoms with Gasteiger partial charge in [-0.15, -0.1) is 4.83 Å². The monoisotopic (exact) mass is 287 g/mol. The molecule has 0 aromatic heterocycles. The van der Waals surface area contributed by atoms with Crippen molar-refractivity contribution in [3.63, 3.8) is 0 Å². The van der Waals surface area contributed by atoms with E-state index in [1.165, 1.54) is 31.0 Å². The van der Waals surface area contributed by atoms with Crippen LogP contribution in [0.3, 0.4) is 0 Å². The third kappa shape index (κ3) is 3.15. The third-order valence-corrected chi connectivity index (χ3v) is 4.40. The summed E-state index contributed by atoms with van der Waals surface area (Å²) < 4.78 is 28.8. The van der Waals surface area contributed by atoms with Gasteiger partial charge in [0.1, 0.15) is 5.75 Å². The van der Waals surface area contributed by atoms with Crippen LogP contribution in [0.5, 0.6) is 5.75 Å². The van der Waals surface area contributed by atoms with E-state index < -0.39 is 10.0 Å². The number of methoxy groups -OCH3 is 1. The molecule has 0 unspecified atom stereocenters. The molecule has 98 valence electrons. The molecule has 1 aromatic carbocycles. The van der Waals surface area contributed by atoms with E-state index >= 15 is 0 Å². The molecule has 0 radical (unpaired) electrons. The zero-order valence-corrected chi connectivity index (χ0v) is 11.3. The topological polar surface area (TPSA) is 79.8 Å². The summed E-state index contributed by atoms with van der Waals surface area (Å²) in [6.45, 7) is 0.706. The van der Waals surface area contributed by atoms with Crippen molar-refractivity contribution < 1.29 is 13.2 Å². The zero-order valence-electron chi connectivity index (χ0n) is 9.71. The second-order valence-corrected chi connectivity index (χ2v) is 6.21. The Morgan fingerprint density at radius 1 is 1.33 bits per heavy atom. The number of amidine groups is 1. The van der Waals surface area contributed by atoms with E-state index in [2.05, 4.69) is 15.2 Å². The molecule has 2 rings (SSSR count). The van der Waals surface area contributed by atoms with Crippen LogP contribution >= 0.6 is 11.8 Å². The molecule has 8 heteroatoms. The summed E-state index contributed by atoms with van der Waals surface area (Å²) in [6, 6.07) is 6.14. The average molecular weight is 287 g/mol. The van der Waals surface area contributed by atoms with Crippen molar-refractivity contribution in [3.8, 4) is 5.75 Å². The highest BCUT2D eigenvalue weighted by Crippen LogP contribution is 2.15. The highest BCUT2D eigenvalue weighted by Gasteiger charge is 2.15. The van der Waals surface area contributed by atoms with Crippen LogP contribution in [0.1, 0.15) is 0 Å². The maximum atomic E-state index is 11.9. The van der Waals surface area contributed by atoms with Gasteiger partial charge in [-0.3, -0.25) is 10.4 Å². The molecule has 0 fully saturated rings. The average Bonchev–Trinajstić information content (AvgIpc) is 2.90. The van der Waals surface area contributed by atoms with Gasteiger partial charge in [0.25, 0.3) is 10.0 Å². The quantitative estimate of drug-likeness (QED) is 0.792. The number of ether oxygens (including phenoxy) is 1. The lowest BCUT2D eigenvalue weighted by molar-refractivity contribution is 0.414. The molecular formula is C10H13N3O3S2. The van der Waals surface area contributed by atoms with Gasteiger partial charge in [-0.2, -0.15) is 0 Å². The number of nitrogens with one attached hydrogen (secondary N) is 2. The first-order chi connectivity index (χ1) is 8.62. The molecule has 0 amide bonds. The summed E-state index contributed by atoms with van der Waals surface area (Å²) in [7, 11) is -2.06. The van der Waals surface area contributed by atoms with E-state index in [1.807, 2.05) is 0 Å². The van der Waals surface area contributed by atoms with Gasteiger partial charge in [0.05, 0.1) is 18.6 Å². The van der Waals surface area contributed by atoms with Gasteiger partial charge >= 0.3 is 0 Å². The van der Waals surface area contributed by atoms with Gasteiger partial charge in [0, 0.05) is 5.75 Å². The highest BCUT2D eigenvalue weighted by atomic mass is 32.2. The van der Waals surface area contributed by atoms with E-state index in [-0.39, 0.29) is 4.90 Å². The summed E-state index contributed by atoms with van der Waals surface area (Å²) in [5.41, 5.74) is 2.59. The Morgan fingerprint density at radius 3 is 2.61 bits per heavy atom. The maximum absolute atomic E-state index is 11.9. The van der Waals surface area contributed by atoms with Crippen molar-refractivity contribution in [1.82, 2.24) is 10.3 Å². The molecule has 0 saturated heterocycles. The molecule has 1 aromatic rings. The molecule has 1 aliphatic rings. The number of hydrogen-bond acceptors (Lipinski definition) is 6. The minimum atomic E-state index is -3.58. The van der Waals surface area contributed by atoms with E-state index in [1.54, 1.807) is 12.1 Å². The molecule has 0 saturated carbocycles. The minimum Gasteiger partial charge on any atom is -0.497 e. The smallest absolute Gasteiger partial charge is 0.257 e. The predicted molar refractivity (Wildman–Crippen MR) is 71.2 cm³/mol. The van der Waals surface area contributed by atoms with Gasteiger partial charge in [-0.25, -0.2) is 8.42 Å². The summed E-state index contributed by atoms with van der Waals surface area (Å²) in [5, 5.41) is 0.590. The Labute approximate surface area is 110 Å². The lowest BCUT2D eigenvalue weighted by Gasteiger charge is -2.08. The van der Waals surface area contributed by atoms with Crippen molar-refractivity contribution in [2.45, 2.75) is 4.90 Å². The number of hydrazine groups is 1. The Morgan fingerprint density at radius 2 is 2.06 bits per heavy atom. The fraction of sp³-hybridized carbons (Fsp3) is 0.300. The third-order valence-electron chi connectivity index (χ3n) is 2.25. The first-order valence-corrected chi connectivity index (χ1v) is 7.68. The number of hydrogen-bond donors (Lipinski definition) is 2. The fourth-order valence-corrected chi connectivity index (χ4v) is 2.92. The zero-order chi connectivity index (χ0) is 13.0. The van der Waals surface area contributed by atoms with Crippen LogP contribution in [-0.4, -0.2) is 33.0 Å². The Kier molecular flexibility index (Phi) is 4.10. The van der Waals surface area contributed by atoms with Crippen molar-refractivity contribution in [2.75, 3.05) is 19.4 Å². The maximum Gasteiger partial charge on any atom is 0.257 e. The van der Waals surface area contributed by atoms with E-state index in [0.29, 0.717) is 17.5 Å². The van der Waals surface area contributed by atoms with Crippen LogP contribution in [0, 0.1) is 0 Å². The van der Waals surface area contributed by atoms with Crippen LogP contribution < -0.4 is 15.0 Å². The molecular weight excluding hydrogens is 274 g/mol. The molecule has 0 aliphatic carbocycles. The van der Waals surface area contributed by atoms with Crippen LogP contribution in [0.4, 0.5) is 0 Å². The van der Waals surface area contributed by atoms with Gasteiger partial charge < -0.3 is 4.74 Å². The van der Waals surface area contributed by atoms with Gasteiger partial charge in [-0.1, -0.05) is 11.8 Å². The standard InChI is InChI=1S/C10H13N3O3S2/c1-16-8-2-4-9(5-3-8)18(14,15)13-12-10-11-6-7-17-10/h2-5,13H,6-7H2,1H3,(H,11,12). The van der Waals surface area contributed by atoms with Crippen molar-refractivity contribution in [3.05, 3.63) is 24.3 Å². The van der Waals surface area contributed by atoms with E-state index in [9.17, 15) is 8.42 Å².